The summed E-state index contributed by atoms with van der Waals surface area (Å²) in [6.45, 7) is 1.85. The van der Waals surface area contributed by atoms with Crippen LogP contribution >= 0.6 is 0 Å². The molecule has 0 bridgehead atoms. The monoisotopic (exact) mass is 281 g/mol. The van der Waals surface area contributed by atoms with E-state index in [1.807, 2.05) is 24.3 Å². The van der Waals surface area contributed by atoms with Crippen LogP contribution in [-0.2, 0) is 0 Å². The highest BCUT2D eigenvalue weighted by Crippen LogP contribution is 2.24. The molecule has 0 saturated carbocycles. The van der Waals surface area contributed by atoms with E-state index in [2.05, 4.69) is 35.4 Å². The van der Waals surface area contributed by atoms with Gasteiger partial charge in [-0.05, 0) is 55.2 Å². The molecular weight excluding hydrogens is 262 g/mol. The molecule has 0 spiro atoms. The van der Waals surface area contributed by atoms with E-state index in [4.69, 9.17) is 0 Å². The van der Waals surface area contributed by atoms with Gasteiger partial charge in [0.05, 0.1) is 5.52 Å². The highest BCUT2D eigenvalue weighted by molar-refractivity contribution is 6.05. The molecule has 0 atom stereocenters. The minimum atomic E-state index is 0.0436. The van der Waals surface area contributed by atoms with Crippen molar-refractivity contribution in [2.24, 2.45) is 0 Å². The molecule has 1 aromatic heterocycles. The molecule has 3 rings (SSSR count). The number of nitrogens with one attached hydrogen (secondary N) is 2. The summed E-state index contributed by atoms with van der Waals surface area (Å²) in [5.74, 6) is 0.989. The molecule has 3 aromatic rings. The number of fused-ring (bicyclic) bond motifs is 3. The van der Waals surface area contributed by atoms with Crippen LogP contribution in [0.25, 0.3) is 21.7 Å². The summed E-state index contributed by atoms with van der Waals surface area (Å²) in [6.07, 6.45) is 0. The van der Waals surface area contributed by atoms with Crippen LogP contribution in [-0.4, -0.2) is 37.1 Å². The minimum absolute atomic E-state index is 0.0436. The van der Waals surface area contributed by atoms with Gasteiger partial charge in [0.1, 0.15) is 5.82 Å². The van der Waals surface area contributed by atoms with E-state index in [1.165, 1.54) is 0 Å². The normalized spacial score (nSPS) is 11.4. The first kappa shape index (κ1) is 13.6. The van der Waals surface area contributed by atoms with E-state index >= 15 is 0 Å². The molecule has 21 heavy (non-hydrogen) atoms. The molecule has 0 aliphatic heterocycles. The molecule has 0 aliphatic rings. The quantitative estimate of drug-likeness (QED) is 0.723. The number of aromatic nitrogens is 1. The van der Waals surface area contributed by atoms with E-state index in [-0.39, 0.29) is 5.43 Å². The van der Waals surface area contributed by atoms with E-state index in [1.54, 1.807) is 12.1 Å². The minimum Gasteiger partial charge on any atom is -0.370 e. The van der Waals surface area contributed by atoms with Crippen LogP contribution in [0, 0.1) is 0 Å². The van der Waals surface area contributed by atoms with Gasteiger partial charge in [-0.1, -0.05) is 12.1 Å². The van der Waals surface area contributed by atoms with Crippen molar-refractivity contribution in [3.63, 3.8) is 0 Å². The Bertz CT molecular complexity index is 836. The van der Waals surface area contributed by atoms with Crippen molar-refractivity contribution in [2.45, 2.75) is 0 Å². The Labute approximate surface area is 123 Å². The van der Waals surface area contributed by atoms with Gasteiger partial charge in [-0.25, -0.2) is 0 Å². The number of pyridine rings is 1. The molecule has 1 heterocycles. The van der Waals surface area contributed by atoms with Gasteiger partial charge in [-0.3, -0.25) is 4.79 Å². The van der Waals surface area contributed by atoms with Gasteiger partial charge in [-0.15, -0.1) is 0 Å². The molecule has 108 valence electrons. The van der Waals surface area contributed by atoms with Crippen molar-refractivity contribution in [2.75, 3.05) is 32.5 Å². The van der Waals surface area contributed by atoms with Crippen LogP contribution in [0.3, 0.4) is 0 Å². The Morgan fingerprint density at radius 1 is 1.05 bits per heavy atom. The number of aromatic amines is 1. The number of H-pyrrole nitrogens is 1. The average molecular weight is 281 g/mol. The van der Waals surface area contributed by atoms with Crippen molar-refractivity contribution < 1.29 is 0 Å². The zero-order valence-electron chi connectivity index (χ0n) is 12.3. The van der Waals surface area contributed by atoms with E-state index in [0.29, 0.717) is 0 Å². The molecule has 0 fully saturated rings. The predicted molar refractivity (Wildman–Crippen MR) is 89.1 cm³/mol. The summed E-state index contributed by atoms with van der Waals surface area (Å²) < 4.78 is 0. The Hall–Kier alpha value is -2.33. The third kappa shape index (κ3) is 2.90. The van der Waals surface area contributed by atoms with Gasteiger partial charge in [-0.2, -0.15) is 0 Å². The Balaban J connectivity index is 2.02. The lowest BCUT2D eigenvalue weighted by Crippen LogP contribution is -2.21. The zero-order valence-corrected chi connectivity index (χ0v) is 12.3. The van der Waals surface area contributed by atoms with Crippen molar-refractivity contribution in [3.05, 3.63) is 52.7 Å². The highest BCUT2D eigenvalue weighted by atomic mass is 16.1. The van der Waals surface area contributed by atoms with Crippen LogP contribution in [0.2, 0.25) is 0 Å². The Kier molecular flexibility index (Phi) is 3.62. The molecule has 0 radical (unpaired) electrons. The second kappa shape index (κ2) is 5.58. The first-order valence-corrected chi connectivity index (χ1v) is 7.08. The molecule has 0 unspecified atom stereocenters. The number of rotatable bonds is 4. The maximum atomic E-state index is 11.5. The summed E-state index contributed by atoms with van der Waals surface area (Å²) in [4.78, 5) is 17.0. The maximum Gasteiger partial charge on any atom is 0.179 e. The third-order valence-corrected chi connectivity index (χ3v) is 3.59. The summed E-state index contributed by atoms with van der Waals surface area (Å²) in [6, 6.07) is 13.3. The number of likely N-dealkylation sites (N-methyl/N-ethyl adjacent to an activating group) is 1. The summed E-state index contributed by atoms with van der Waals surface area (Å²) in [7, 11) is 4.11. The molecule has 2 aromatic carbocycles. The fraction of sp³-hybridized carbons (Fsp3) is 0.235. The smallest absolute Gasteiger partial charge is 0.179 e. The Morgan fingerprint density at radius 3 is 2.62 bits per heavy atom. The van der Waals surface area contributed by atoms with Gasteiger partial charge in [0, 0.05) is 18.5 Å². The lowest BCUT2D eigenvalue weighted by Gasteiger charge is -2.12. The molecule has 4 nitrogen and oxygen atoms in total. The van der Waals surface area contributed by atoms with Crippen LogP contribution in [0.15, 0.2) is 47.3 Å². The van der Waals surface area contributed by atoms with Gasteiger partial charge in [0.2, 0.25) is 0 Å². The molecule has 0 amide bonds. The van der Waals surface area contributed by atoms with Crippen molar-refractivity contribution in [3.8, 4) is 0 Å². The molecule has 0 aliphatic carbocycles. The Morgan fingerprint density at radius 2 is 1.81 bits per heavy atom. The number of benzene rings is 2. The third-order valence-electron chi connectivity index (χ3n) is 3.59. The summed E-state index contributed by atoms with van der Waals surface area (Å²) in [5.41, 5.74) is 1.10. The van der Waals surface area contributed by atoms with Crippen molar-refractivity contribution in [1.82, 2.24) is 9.88 Å². The van der Waals surface area contributed by atoms with E-state index in [9.17, 15) is 4.79 Å². The van der Waals surface area contributed by atoms with E-state index < -0.39 is 0 Å². The standard InChI is InChI=1S/C17H19N3O/c1-20(2)10-9-18-16-8-5-12-3-4-13-11-14(21)6-7-15(13)17(12)19-16/h3-8,11,18-19H,9-10H2,1-2H3. The fourth-order valence-corrected chi connectivity index (χ4v) is 2.47. The summed E-state index contributed by atoms with van der Waals surface area (Å²) in [5, 5.41) is 6.57. The van der Waals surface area contributed by atoms with Gasteiger partial charge in [0.25, 0.3) is 0 Å². The first-order chi connectivity index (χ1) is 10.1. The molecule has 0 saturated heterocycles. The maximum absolute atomic E-state index is 11.5. The molecular formula is C17H19N3O. The van der Waals surface area contributed by atoms with Crippen LogP contribution in [0.4, 0.5) is 5.82 Å². The number of hydrogen-bond donors (Lipinski definition) is 2. The van der Waals surface area contributed by atoms with Crippen LogP contribution in [0.1, 0.15) is 0 Å². The lowest BCUT2D eigenvalue weighted by molar-refractivity contribution is 0.425. The van der Waals surface area contributed by atoms with Gasteiger partial charge < -0.3 is 15.2 Å². The predicted octanol–water partition coefficient (Wildman–Crippen LogP) is 2.65. The SMILES string of the molecule is CN(C)CCNc1ccc2ccc3cc(=O)ccc3c2[nH]1. The zero-order chi connectivity index (χ0) is 14.8. The number of hydrogen-bond acceptors (Lipinski definition) is 3. The van der Waals surface area contributed by atoms with Crippen molar-refractivity contribution in [1.29, 1.82) is 0 Å². The van der Waals surface area contributed by atoms with E-state index in [0.717, 1.165) is 40.6 Å². The van der Waals surface area contributed by atoms with Gasteiger partial charge in [0.15, 0.2) is 5.43 Å². The van der Waals surface area contributed by atoms with Gasteiger partial charge >= 0.3 is 0 Å². The fourth-order valence-electron chi connectivity index (χ4n) is 2.47. The lowest BCUT2D eigenvalue weighted by atomic mass is 10.1. The number of anilines is 1. The molecule has 4 heteroatoms. The number of nitrogens with zero attached hydrogens (tertiary/aromatic N) is 1. The van der Waals surface area contributed by atoms with Crippen molar-refractivity contribution >= 4 is 27.5 Å². The second-order valence-electron chi connectivity index (χ2n) is 5.51. The average Bonchev–Trinajstić information content (AvgIpc) is 2.46. The second-order valence-corrected chi connectivity index (χ2v) is 5.51. The van der Waals surface area contributed by atoms with Crippen LogP contribution in [0.5, 0.6) is 0 Å². The molecule has 2 N–H and O–H groups in total. The summed E-state index contributed by atoms with van der Waals surface area (Å²) >= 11 is 0. The first-order valence-electron chi connectivity index (χ1n) is 7.08. The largest absolute Gasteiger partial charge is 0.370 e. The topological polar surface area (TPSA) is 48.1 Å². The van der Waals surface area contributed by atoms with Crippen LogP contribution < -0.4 is 10.7 Å². The highest BCUT2D eigenvalue weighted by Gasteiger charge is 2.02.